The van der Waals surface area contributed by atoms with Crippen molar-refractivity contribution in [2.75, 3.05) is 5.32 Å². The van der Waals surface area contributed by atoms with E-state index in [1.54, 1.807) is 0 Å². The van der Waals surface area contributed by atoms with Crippen molar-refractivity contribution in [3.05, 3.63) is 45.6 Å². The van der Waals surface area contributed by atoms with Crippen LogP contribution in [0.1, 0.15) is 30.9 Å². The summed E-state index contributed by atoms with van der Waals surface area (Å²) in [7, 11) is 0. The van der Waals surface area contributed by atoms with Gasteiger partial charge in [0.25, 0.3) is 0 Å². The van der Waals surface area contributed by atoms with Gasteiger partial charge in [0.2, 0.25) is 0 Å². The van der Waals surface area contributed by atoms with Crippen LogP contribution in [-0.4, -0.2) is 9.91 Å². The molecule has 0 saturated carbocycles. The maximum absolute atomic E-state index is 10.6. The van der Waals surface area contributed by atoms with Crippen molar-refractivity contribution in [3.63, 3.8) is 0 Å². The first-order valence-corrected chi connectivity index (χ1v) is 6.77. The van der Waals surface area contributed by atoms with E-state index in [1.807, 2.05) is 12.1 Å². The monoisotopic (exact) mass is 277 g/mol. The van der Waals surface area contributed by atoms with Gasteiger partial charge in [-0.15, -0.1) is 0 Å². The summed E-state index contributed by atoms with van der Waals surface area (Å²) >= 11 is 1.03. The van der Waals surface area contributed by atoms with Gasteiger partial charge < -0.3 is 5.32 Å². The van der Waals surface area contributed by atoms with Gasteiger partial charge in [0, 0.05) is 5.69 Å². The lowest BCUT2D eigenvalue weighted by molar-refractivity contribution is -0.380. The summed E-state index contributed by atoms with van der Waals surface area (Å²) in [6.45, 7) is 6.37. The molecule has 5 nitrogen and oxygen atoms in total. The van der Waals surface area contributed by atoms with Crippen molar-refractivity contribution in [2.24, 2.45) is 0 Å². The van der Waals surface area contributed by atoms with Gasteiger partial charge in [-0.3, -0.25) is 10.1 Å². The van der Waals surface area contributed by atoms with E-state index in [4.69, 9.17) is 0 Å². The standard InChI is InChI=1S/C13H15N3O2S/c1-8(2)11-5-4-10(6-9(11)3)15-13-14-7-12(19-13)16(17)18/h4-8H,1-3H3,(H,14,15). The van der Waals surface area contributed by atoms with Crippen molar-refractivity contribution in [1.82, 2.24) is 4.98 Å². The van der Waals surface area contributed by atoms with E-state index in [-0.39, 0.29) is 5.00 Å². The molecule has 0 bridgehead atoms. The quantitative estimate of drug-likeness (QED) is 0.671. The molecular weight excluding hydrogens is 262 g/mol. The number of hydrogen-bond acceptors (Lipinski definition) is 5. The molecule has 0 fully saturated rings. The first-order chi connectivity index (χ1) is 8.97. The fraction of sp³-hybridized carbons (Fsp3) is 0.308. The molecule has 100 valence electrons. The Morgan fingerprint density at radius 1 is 1.42 bits per heavy atom. The van der Waals surface area contributed by atoms with Crippen LogP contribution in [0.2, 0.25) is 0 Å². The largest absolute Gasteiger partial charge is 0.345 e. The summed E-state index contributed by atoms with van der Waals surface area (Å²) in [5.41, 5.74) is 3.40. The molecule has 0 aliphatic rings. The lowest BCUT2D eigenvalue weighted by Gasteiger charge is -2.11. The van der Waals surface area contributed by atoms with Crippen molar-refractivity contribution < 1.29 is 4.92 Å². The summed E-state index contributed by atoms with van der Waals surface area (Å²) in [5.74, 6) is 0.481. The van der Waals surface area contributed by atoms with Crippen LogP contribution in [0.25, 0.3) is 0 Å². The molecule has 1 aromatic carbocycles. The van der Waals surface area contributed by atoms with Gasteiger partial charge in [0.1, 0.15) is 6.20 Å². The highest BCUT2D eigenvalue weighted by Crippen LogP contribution is 2.29. The topological polar surface area (TPSA) is 68.1 Å². The van der Waals surface area contributed by atoms with Gasteiger partial charge in [-0.05, 0) is 47.4 Å². The van der Waals surface area contributed by atoms with Gasteiger partial charge in [0.15, 0.2) is 5.13 Å². The lowest BCUT2D eigenvalue weighted by atomic mass is 9.98. The molecule has 2 aromatic rings. The van der Waals surface area contributed by atoms with Crippen LogP contribution in [-0.2, 0) is 0 Å². The number of hydrogen-bond donors (Lipinski definition) is 1. The molecule has 1 heterocycles. The minimum Gasteiger partial charge on any atom is -0.331 e. The van der Waals surface area contributed by atoms with Gasteiger partial charge in [-0.25, -0.2) is 4.98 Å². The highest BCUT2D eigenvalue weighted by atomic mass is 32.1. The Morgan fingerprint density at radius 3 is 2.68 bits per heavy atom. The molecule has 19 heavy (non-hydrogen) atoms. The normalized spacial score (nSPS) is 10.7. The van der Waals surface area contributed by atoms with Crippen LogP contribution in [0.15, 0.2) is 24.4 Å². The van der Waals surface area contributed by atoms with Gasteiger partial charge >= 0.3 is 5.00 Å². The zero-order chi connectivity index (χ0) is 14.0. The highest BCUT2D eigenvalue weighted by Gasteiger charge is 2.12. The number of nitro groups is 1. The van der Waals surface area contributed by atoms with E-state index in [0.717, 1.165) is 17.0 Å². The smallest absolute Gasteiger partial charge is 0.331 e. The predicted octanol–water partition coefficient (Wildman–Crippen LogP) is 4.23. The van der Waals surface area contributed by atoms with Crippen LogP contribution < -0.4 is 5.32 Å². The Bertz CT molecular complexity index is 608. The van der Waals surface area contributed by atoms with Crippen LogP contribution in [0.5, 0.6) is 0 Å². The number of benzene rings is 1. The number of anilines is 2. The van der Waals surface area contributed by atoms with Crippen molar-refractivity contribution in [1.29, 1.82) is 0 Å². The average Bonchev–Trinajstić information content (AvgIpc) is 2.77. The van der Waals surface area contributed by atoms with Gasteiger partial charge in [-0.2, -0.15) is 0 Å². The van der Waals surface area contributed by atoms with Crippen molar-refractivity contribution in [3.8, 4) is 0 Å². The number of rotatable bonds is 4. The highest BCUT2D eigenvalue weighted by molar-refractivity contribution is 7.18. The summed E-state index contributed by atoms with van der Waals surface area (Å²) < 4.78 is 0. The van der Waals surface area contributed by atoms with Crippen LogP contribution >= 0.6 is 11.3 Å². The third kappa shape index (κ3) is 3.08. The first kappa shape index (κ1) is 13.5. The fourth-order valence-electron chi connectivity index (χ4n) is 1.93. The molecule has 0 atom stereocenters. The lowest BCUT2D eigenvalue weighted by Crippen LogP contribution is -1.95. The third-order valence-electron chi connectivity index (χ3n) is 2.82. The summed E-state index contributed by atoms with van der Waals surface area (Å²) in [5, 5.41) is 14.2. The second-order valence-corrected chi connectivity index (χ2v) is 5.62. The van der Waals surface area contributed by atoms with Crippen LogP contribution in [0.4, 0.5) is 15.8 Å². The Hall–Kier alpha value is -1.95. The number of aryl methyl sites for hydroxylation is 1. The SMILES string of the molecule is Cc1cc(Nc2ncc([N+](=O)[O-])s2)ccc1C(C)C. The second kappa shape index (κ2) is 5.36. The number of nitrogens with one attached hydrogen (secondary N) is 1. The van der Waals surface area contributed by atoms with Crippen molar-refractivity contribution >= 4 is 27.2 Å². The molecule has 0 saturated heterocycles. The van der Waals surface area contributed by atoms with E-state index in [2.05, 4.69) is 37.1 Å². The molecule has 0 radical (unpaired) electrons. The number of aromatic nitrogens is 1. The molecule has 0 aliphatic carbocycles. The van der Waals surface area contributed by atoms with Gasteiger partial charge in [-0.1, -0.05) is 19.9 Å². The van der Waals surface area contributed by atoms with Crippen LogP contribution in [0.3, 0.4) is 0 Å². The molecule has 6 heteroatoms. The second-order valence-electron chi connectivity index (χ2n) is 4.61. The Labute approximate surface area is 115 Å². The molecule has 0 aliphatic heterocycles. The molecule has 1 aromatic heterocycles. The molecule has 0 unspecified atom stereocenters. The van der Waals surface area contributed by atoms with Crippen LogP contribution in [0, 0.1) is 17.0 Å². The van der Waals surface area contributed by atoms with E-state index < -0.39 is 4.92 Å². The zero-order valence-electron chi connectivity index (χ0n) is 11.0. The predicted molar refractivity (Wildman–Crippen MR) is 77.3 cm³/mol. The molecule has 0 amide bonds. The summed E-state index contributed by atoms with van der Waals surface area (Å²) in [6.07, 6.45) is 1.27. The molecule has 0 spiro atoms. The maximum Gasteiger partial charge on any atom is 0.345 e. The van der Waals surface area contributed by atoms with E-state index in [9.17, 15) is 10.1 Å². The molecule has 2 rings (SSSR count). The van der Waals surface area contributed by atoms with Gasteiger partial charge in [0.05, 0.1) is 4.92 Å². The average molecular weight is 277 g/mol. The summed E-state index contributed by atoms with van der Waals surface area (Å²) in [4.78, 5) is 14.1. The van der Waals surface area contributed by atoms with E-state index in [0.29, 0.717) is 11.0 Å². The zero-order valence-corrected chi connectivity index (χ0v) is 11.8. The minimum absolute atomic E-state index is 0.0398. The Balaban J connectivity index is 2.19. The first-order valence-electron chi connectivity index (χ1n) is 5.95. The molecule has 1 N–H and O–H groups in total. The minimum atomic E-state index is -0.435. The van der Waals surface area contributed by atoms with Crippen molar-refractivity contribution in [2.45, 2.75) is 26.7 Å². The van der Waals surface area contributed by atoms with E-state index in [1.165, 1.54) is 17.3 Å². The Morgan fingerprint density at radius 2 is 2.16 bits per heavy atom. The molecular formula is C13H15N3O2S. The summed E-state index contributed by atoms with van der Waals surface area (Å²) in [6, 6.07) is 6.07. The van der Waals surface area contributed by atoms with E-state index >= 15 is 0 Å². The number of thiazole rings is 1. The number of nitrogens with zero attached hydrogens (tertiary/aromatic N) is 2. The third-order valence-corrected chi connectivity index (χ3v) is 3.68. The maximum atomic E-state index is 10.6. The fourth-order valence-corrected chi connectivity index (χ4v) is 2.58. The Kier molecular flexibility index (Phi) is 3.80.